The molecule has 2 aromatic heterocycles. The van der Waals surface area contributed by atoms with E-state index in [-0.39, 0.29) is 5.76 Å². The van der Waals surface area contributed by atoms with Crippen molar-refractivity contribution < 1.29 is 18.4 Å². The Morgan fingerprint density at radius 3 is 2.67 bits per heavy atom. The van der Waals surface area contributed by atoms with Crippen molar-refractivity contribution in [2.45, 2.75) is 0 Å². The molecule has 0 unspecified atom stereocenters. The van der Waals surface area contributed by atoms with Gasteiger partial charge in [-0.3, -0.25) is 4.79 Å². The Bertz CT molecular complexity index is 1170. The van der Waals surface area contributed by atoms with Crippen LogP contribution in [0.1, 0.15) is 10.6 Å². The summed E-state index contributed by atoms with van der Waals surface area (Å²) in [6.45, 7) is 0. The van der Waals surface area contributed by atoms with Crippen LogP contribution in [-0.4, -0.2) is 13.0 Å². The highest BCUT2D eigenvalue weighted by atomic mass is 16.5. The largest absolute Gasteiger partial charge is 0.495 e. The monoisotopic (exact) mass is 361 g/mol. The quantitative estimate of drug-likeness (QED) is 0.548. The van der Waals surface area contributed by atoms with Crippen LogP contribution >= 0.6 is 0 Å². The normalized spacial score (nSPS) is 10.7. The van der Waals surface area contributed by atoms with E-state index in [9.17, 15) is 9.59 Å². The number of hydrogen-bond acceptors (Lipinski definition) is 5. The molecular weight excluding hydrogens is 346 g/mol. The number of amides is 1. The highest BCUT2D eigenvalue weighted by Gasteiger charge is 2.15. The molecule has 4 aromatic rings. The van der Waals surface area contributed by atoms with E-state index in [0.29, 0.717) is 28.1 Å². The van der Waals surface area contributed by atoms with Crippen LogP contribution in [0.2, 0.25) is 0 Å². The fourth-order valence-electron chi connectivity index (χ4n) is 2.83. The van der Waals surface area contributed by atoms with E-state index in [1.54, 1.807) is 48.5 Å². The summed E-state index contributed by atoms with van der Waals surface area (Å²) >= 11 is 0. The molecule has 4 rings (SSSR count). The molecule has 2 aromatic carbocycles. The maximum Gasteiger partial charge on any atom is 0.344 e. The van der Waals surface area contributed by atoms with Crippen molar-refractivity contribution in [2.24, 2.45) is 0 Å². The van der Waals surface area contributed by atoms with E-state index in [1.807, 2.05) is 12.1 Å². The number of furan rings is 1. The van der Waals surface area contributed by atoms with Gasteiger partial charge in [-0.15, -0.1) is 0 Å². The second-order valence-corrected chi connectivity index (χ2v) is 5.83. The first kappa shape index (κ1) is 16.7. The lowest BCUT2D eigenvalue weighted by atomic mass is 10.0. The highest BCUT2D eigenvalue weighted by molar-refractivity contribution is 6.03. The van der Waals surface area contributed by atoms with E-state index >= 15 is 0 Å². The summed E-state index contributed by atoms with van der Waals surface area (Å²) in [4.78, 5) is 24.7. The molecule has 0 aliphatic rings. The Balaban J connectivity index is 1.77. The van der Waals surface area contributed by atoms with Crippen molar-refractivity contribution in [3.63, 3.8) is 0 Å². The average Bonchev–Trinajstić information content (AvgIpc) is 3.22. The zero-order chi connectivity index (χ0) is 18.8. The lowest BCUT2D eigenvalue weighted by Gasteiger charge is -2.11. The first-order valence-electron chi connectivity index (χ1n) is 8.22. The minimum absolute atomic E-state index is 0.174. The smallest absolute Gasteiger partial charge is 0.344 e. The molecule has 6 nitrogen and oxygen atoms in total. The predicted octanol–water partition coefficient (Wildman–Crippen LogP) is 4.31. The molecule has 0 bridgehead atoms. The van der Waals surface area contributed by atoms with Crippen molar-refractivity contribution >= 4 is 22.6 Å². The molecule has 1 amide bonds. The van der Waals surface area contributed by atoms with Crippen LogP contribution in [0.5, 0.6) is 5.75 Å². The van der Waals surface area contributed by atoms with Crippen molar-refractivity contribution in [2.75, 3.05) is 12.4 Å². The molecule has 0 saturated heterocycles. The number of ether oxygens (including phenoxy) is 1. The topological polar surface area (TPSA) is 81.7 Å². The summed E-state index contributed by atoms with van der Waals surface area (Å²) in [5, 5.41) is 3.55. The lowest BCUT2D eigenvalue weighted by Crippen LogP contribution is -2.12. The molecule has 27 heavy (non-hydrogen) atoms. The average molecular weight is 361 g/mol. The van der Waals surface area contributed by atoms with Crippen LogP contribution in [0.3, 0.4) is 0 Å². The molecule has 0 spiro atoms. The number of benzene rings is 2. The van der Waals surface area contributed by atoms with Gasteiger partial charge in [-0.1, -0.05) is 24.3 Å². The standard InChI is InChI=1S/C21H15NO5/c1-25-18-9-8-13(12-16(18)22-20(23)19-7-4-10-26-19)15-11-14-5-2-3-6-17(14)27-21(15)24/h2-12H,1H3,(H,22,23). The van der Waals surface area contributed by atoms with Crippen LogP contribution in [0.4, 0.5) is 5.69 Å². The van der Waals surface area contributed by atoms with Gasteiger partial charge in [0.1, 0.15) is 11.3 Å². The first-order valence-corrected chi connectivity index (χ1v) is 8.22. The zero-order valence-corrected chi connectivity index (χ0v) is 14.4. The number of methoxy groups -OCH3 is 1. The Kier molecular flexibility index (Phi) is 4.22. The first-order chi connectivity index (χ1) is 13.2. The zero-order valence-electron chi connectivity index (χ0n) is 14.4. The fourth-order valence-corrected chi connectivity index (χ4v) is 2.83. The fraction of sp³-hybridized carbons (Fsp3) is 0.0476. The number of carbonyl (C=O) groups excluding carboxylic acids is 1. The van der Waals surface area contributed by atoms with E-state index in [4.69, 9.17) is 13.6 Å². The summed E-state index contributed by atoms with van der Waals surface area (Å²) in [6, 6.07) is 17.3. The number of para-hydroxylation sites is 1. The van der Waals surface area contributed by atoms with Gasteiger partial charge < -0.3 is 18.9 Å². The van der Waals surface area contributed by atoms with Gasteiger partial charge in [0, 0.05) is 5.39 Å². The van der Waals surface area contributed by atoms with Gasteiger partial charge in [-0.25, -0.2) is 4.79 Å². The summed E-state index contributed by atoms with van der Waals surface area (Å²) in [5.41, 5.74) is 1.48. The molecule has 0 saturated carbocycles. The summed E-state index contributed by atoms with van der Waals surface area (Å²) < 4.78 is 15.8. The van der Waals surface area contributed by atoms with Gasteiger partial charge in [0.15, 0.2) is 5.76 Å². The van der Waals surface area contributed by atoms with Gasteiger partial charge in [-0.2, -0.15) is 0 Å². The number of hydrogen-bond donors (Lipinski definition) is 1. The molecule has 0 aliphatic carbocycles. The van der Waals surface area contributed by atoms with Gasteiger partial charge in [-0.05, 0) is 42.0 Å². The van der Waals surface area contributed by atoms with Gasteiger partial charge in [0.05, 0.1) is 24.6 Å². The number of anilines is 1. The maximum absolute atomic E-state index is 12.4. The van der Waals surface area contributed by atoms with Gasteiger partial charge in [0.25, 0.3) is 5.91 Å². The molecule has 0 radical (unpaired) electrons. The Labute approximate surface area is 154 Å². The number of nitrogens with one attached hydrogen (secondary N) is 1. The molecule has 1 N–H and O–H groups in total. The molecule has 0 atom stereocenters. The van der Waals surface area contributed by atoms with Crippen molar-refractivity contribution in [1.29, 1.82) is 0 Å². The number of carbonyl (C=O) groups is 1. The minimum atomic E-state index is -0.456. The Morgan fingerprint density at radius 2 is 1.89 bits per heavy atom. The summed E-state index contributed by atoms with van der Waals surface area (Å²) in [6.07, 6.45) is 1.42. The number of rotatable bonds is 4. The second kappa shape index (κ2) is 6.84. The second-order valence-electron chi connectivity index (χ2n) is 5.83. The van der Waals surface area contributed by atoms with Crippen molar-refractivity contribution in [1.82, 2.24) is 0 Å². The van der Waals surface area contributed by atoms with Crippen LogP contribution in [0, 0.1) is 0 Å². The van der Waals surface area contributed by atoms with Crippen molar-refractivity contribution in [3.05, 3.63) is 83.1 Å². The molecular formula is C21H15NO5. The summed E-state index contributed by atoms with van der Waals surface area (Å²) in [5.74, 6) is 0.220. The lowest BCUT2D eigenvalue weighted by molar-refractivity contribution is 0.0996. The van der Waals surface area contributed by atoms with E-state index < -0.39 is 11.5 Å². The minimum Gasteiger partial charge on any atom is -0.495 e. The Hall–Kier alpha value is -3.80. The highest BCUT2D eigenvalue weighted by Crippen LogP contribution is 2.31. The van der Waals surface area contributed by atoms with Crippen LogP contribution < -0.4 is 15.7 Å². The summed E-state index contributed by atoms with van der Waals surface area (Å²) in [7, 11) is 1.50. The third-order valence-electron chi connectivity index (χ3n) is 4.15. The molecule has 2 heterocycles. The molecule has 6 heteroatoms. The van der Waals surface area contributed by atoms with Crippen LogP contribution in [-0.2, 0) is 0 Å². The van der Waals surface area contributed by atoms with Gasteiger partial charge in [0.2, 0.25) is 0 Å². The van der Waals surface area contributed by atoms with Crippen molar-refractivity contribution in [3.8, 4) is 16.9 Å². The SMILES string of the molecule is COc1ccc(-c2cc3ccccc3oc2=O)cc1NC(=O)c1ccco1. The van der Waals surface area contributed by atoms with Crippen LogP contribution in [0.15, 0.2) is 80.6 Å². The van der Waals surface area contributed by atoms with E-state index in [1.165, 1.54) is 13.4 Å². The molecule has 0 fully saturated rings. The number of fused-ring (bicyclic) bond motifs is 1. The van der Waals surface area contributed by atoms with E-state index in [0.717, 1.165) is 5.39 Å². The third-order valence-corrected chi connectivity index (χ3v) is 4.15. The molecule has 134 valence electrons. The third kappa shape index (κ3) is 3.20. The van der Waals surface area contributed by atoms with E-state index in [2.05, 4.69) is 5.32 Å². The Morgan fingerprint density at radius 1 is 1.04 bits per heavy atom. The predicted molar refractivity (Wildman–Crippen MR) is 101 cm³/mol. The maximum atomic E-state index is 12.4. The van der Waals surface area contributed by atoms with Crippen LogP contribution in [0.25, 0.3) is 22.1 Å². The van der Waals surface area contributed by atoms with Gasteiger partial charge >= 0.3 is 5.63 Å². The molecule has 0 aliphatic heterocycles.